The van der Waals surface area contributed by atoms with Crippen LogP contribution in [0.2, 0.25) is 0 Å². The third-order valence-electron chi connectivity index (χ3n) is 1.42. The van der Waals surface area contributed by atoms with Crippen molar-refractivity contribution in [2.45, 2.75) is 25.4 Å². The number of hydrogen-bond acceptors (Lipinski definition) is 3. The lowest BCUT2D eigenvalue weighted by molar-refractivity contribution is 0.0248. The second-order valence-corrected chi connectivity index (χ2v) is 2.07. The summed E-state index contributed by atoms with van der Waals surface area (Å²) in [7, 11) is 0. The molecule has 1 aliphatic carbocycles. The summed E-state index contributed by atoms with van der Waals surface area (Å²) in [6, 6.07) is 0. The van der Waals surface area contributed by atoms with E-state index in [2.05, 4.69) is 4.74 Å². The molecule has 1 saturated carbocycles. The van der Waals surface area contributed by atoms with Gasteiger partial charge in [-0.25, -0.2) is 10.3 Å². The Morgan fingerprint density at radius 1 is 1.67 bits per heavy atom. The van der Waals surface area contributed by atoms with Gasteiger partial charge in [0.25, 0.3) is 0 Å². The van der Waals surface area contributed by atoms with Crippen LogP contribution in [0.1, 0.15) is 19.3 Å². The molecule has 0 aromatic heterocycles. The molecule has 4 nitrogen and oxygen atoms in total. The molecule has 0 aliphatic heterocycles. The molecular formula is C5H9NO3. The van der Waals surface area contributed by atoms with E-state index in [1.807, 2.05) is 0 Å². The van der Waals surface area contributed by atoms with Gasteiger partial charge in [-0.05, 0) is 19.3 Å². The Morgan fingerprint density at radius 3 is 2.67 bits per heavy atom. The topological polar surface area (TPSA) is 58.6 Å². The summed E-state index contributed by atoms with van der Waals surface area (Å²) in [5, 5.41) is 7.98. The average Bonchev–Trinajstić information content (AvgIpc) is 1.78. The van der Waals surface area contributed by atoms with E-state index in [-0.39, 0.29) is 6.10 Å². The summed E-state index contributed by atoms with van der Waals surface area (Å²) >= 11 is 0. The van der Waals surface area contributed by atoms with E-state index in [1.54, 1.807) is 0 Å². The van der Waals surface area contributed by atoms with Gasteiger partial charge in [-0.15, -0.1) is 0 Å². The third-order valence-corrected chi connectivity index (χ3v) is 1.42. The SMILES string of the molecule is O=C(NO)OC1CCC1. The standard InChI is InChI=1S/C5H9NO3/c7-5(6-8)9-4-2-1-3-4/h4,8H,1-3H2,(H,6,7). The number of nitrogens with one attached hydrogen (secondary N) is 1. The number of carbonyl (C=O) groups excluding carboxylic acids is 1. The first-order valence-corrected chi connectivity index (χ1v) is 2.93. The molecule has 0 radical (unpaired) electrons. The first-order chi connectivity index (χ1) is 4.33. The van der Waals surface area contributed by atoms with Crippen LogP contribution in [-0.4, -0.2) is 17.4 Å². The minimum absolute atomic E-state index is 0.0390. The fourth-order valence-corrected chi connectivity index (χ4v) is 0.666. The van der Waals surface area contributed by atoms with Gasteiger partial charge in [0, 0.05) is 0 Å². The maximum absolute atomic E-state index is 10.2. The molecule has 1 aliphatic rings. The zero-order valence-electron chi connectivity index (χ0n) is 4.96. The molecule has 0 heterocycles. The molecule has 1 amide bonds. The maximum atomic E-state index is 10.2. The Balaban J connectivity index is 2.09. The highest BCUT2D eigenvalue weighted by molar-refractivity contribution is 5.65. The first kappa shape index (κ1) is 6.35. The highest BCUT2D eigenvalue weighted by Crippen LogP contribution is 2.21. The lowest BCUT2D eigenvalue weighted by Gasteiger charge is -2.24. The van der Waals surface area contributed by atoms with Crippen LogP contribution in [0.15, 0.2) is 0 Å². The molecular weight excluding hydrogens is 122 g/mol. The fourth-order valence-electron chi connectivity index (χ4n) is 0.666. The molecule has 9 heavy (non-hydrogen) atoms. The van der Waals surface area contributed by atoms with Crippen molar-refractivity contribution in [3.8, 4) is 0 Å². The van der Waals surface area contributed by atoms with Gasteiger partial charge >= 0.3 is 6.09 Å². The molecule has 0 saturated heterocycles. The number of amides is 1. The summed E-state index contributed by atoms with van der Waals surface area (Å²) in [6.07, 6.45) is 2.25. The molecule has 0 aromatic carbocycles. The van der Waals surface area contributed by atoms with Crippen LogP contribution >= 0.6 is 0 Å². The van der Waals surface area contributed by atoms with Gasteiger partial charge in [0.05, 0.1) is 0 Å². The van der Waals surface area contributed by atoms with E-state index in [9.17, 15) is 4.79 Å². The summed E-state index contributed by atoms with van der Waals surface area (Å²) in [5.74, 6) is 0. The van der Waals surface area contributed by atoms with E-state index < -0.39 is 6.09 Å². The van der Waals surface area contributed by atoms with E-state index in [0.29, 0.717) is 0 Å². The van der Waals surface area contributed by atoms with Gasteiger partial charge in [0.1, 0.15) is 6.10 Å². The molecule has 4 heteroatoms. The van der Waals surface area contributed by atoms with E-state index >= 15 is 0 Å². The third kappa shape index (κ3) is 1.57. The Bertz CT molecular complexity index is 111. The van der Waals surface area contributed by atoms with Crippen LogP contribution in [0.3, 0.4) is 0 Å². The molecule has 0 unspecified atom stereocenters. The Morgan fingerprint density at radius 2 is 2.33 bits per heavy atom. The predicted octanol–water partition coefficient (Wildman–Crippen LogP) is 0.654. The van der Waals surface area contributed by atoms with Gasteiger partial charge < -0.3 is 4.74 Å². The van der Waals surface area contributed by atoms with Crippen molar-refractivity contribution in [2.24, 2.45) is 0 Å². The Hall–Kier alpha value is -0.770. The van der Waals surface area contributed by atoms with Crippen LogP contribution in [0, 0.1) is 0 Å². The quantitative estimate of drug-likeness (QED) is 0.406. The van der Waals surface area contributed by atoms with Gasteiger partial charge in [0.15, 0.2) is 0 Å². The molecule has 0 spiro atoms. The Labute approximate surface area is 52.8 Å². The highest BCUT2D eigenvalue weighted by atomic mass is 16.6. The monoisotopic (exact) mass is 131 g/mol. The molecule has 0 aromatic rings. The normalized spacial score (nSPS) is 18.3. The first-order valence-electron chi connectivity index (χ1n) is 2.93. The number of hydroxylamine groups is 1. The van der Waals surface area contributed by atoms with Gasteiger partial charge in [-0.1, -0.05) is 0 Å². The maximum Gasteiger partial charge on any atom is 0.431 e. The smallest absolute Gasteiger partial charge is 0.431 e. The summed E-state index contributed by atoms with van der Waals surface area (Å²) in [5.41, 5.74) is 1.40. The number of hydrogen-bond donors (Lipinski definition) is 2. The minimum Gasteiger partial charge on any atom is -0.445 e. The number of rotatable bonds is 1. The van der Waals surface area contributed by atoms with E-state index in [4.69, 9.17) is 5.21 Å². The molecule has 1 rings (SSSR count). The van der Waals surface area contributed by atoms with Crippen LogP contribution < -0.4 is 5.48 Å². The number of ether oxygens (including phenoxy) is 1. The van der Waals surface area contributed by atoms with E-state index in [1.165, 1.54) is 5.48 Å². The predicted molar refractivity (Wildman–Crippen MR) is 29.0 cm³/mol. The van der Waals surface area contributed by atoms with Crippen LogP contribution in [0.4, 0.5) is 4.79 Å². The van der Waals surface area contributed by atoms with Crippen LogP contribution in [0.5, 0.6) is 0 Å². The lowest BCUT2D eigenvalue weighted by Crippen LogP contribution is -2.30. The second-order valence-electron chi connectivity index (χ2n) is 2.07. The minimum atomic E-state index is -0.750. The van der Waals surface area contributed by atoms with Gasteiger partial charge in [-0.3, -0.25) is 5.21 Å². The van der Waals surface area contributed by atoms with Crippen molar-refractivity contribution < 1.29 is 14.7 Å². The fraction of sp³-hybridized carbons (Fsp3) is 0.800. The molecule has 0 bridgehead atoms. The Kier molecular flexibility index (Phi) is 1.89. The highest BCUT2D eigenvalue weighted by Gasteiger charge is 2.20. The van der Waals surface area contributed by atoms with E-state index in [0.717, 1.165) is 19.3 Å². The average molecular weight is 131 g/mol. The molecule has 2 N–H and O–H groups in total. The van der Waals surface area contributed by atoms with Crippen molar-refractivity contribution in [3.63, 3.8) is 0 Å². The molecule has 0 atom stereocenters. The summed E-state index contributed by atoms with van der Waals surface area (Å²) in [4.78, 5) is 10.2. The summed E-state index contributed by atoms with van der Waals surface area (Å²) < 4.78 is 4.64. The van der Waals surface area contributed by atoms with Crippen molar-refractivity contribution in [1.82, 2.24) is 5.48 Å². The zero-order valence-corrected chi connectivity index (χ0v) is 4.96. The van der Waals surface area contributed by atoms with Gasteiger partial charge in [0.2, 0.25) is 0 Å². The summed E-state index contributed by atoms with van der Waals surface area (Å²) in [6.45, 7) is 0. The van der Waals surface area contributed by atoms with Crippen LogP contribution in [-0.2, 0) is 4.74 Å². The molecule has 1 fully saturated rings. The van der Waals surface area contributed by atoms with Crippen molar-refractivity contribution in [2.75, 3.05) is 0 Å². The zero-order chi connectivity index (χ0) is 6.69. The lowest BCUT2D eigenvalue weighted by atomic mass is 9.96. The van der Waals surface area contributed by atoms with Crippen LogP contribution in [0.25, 0.3) is 0 Å². The van der Waals surface area contributed by atoms with Crippen molar-refractivity contribution in [1.29, 1.82) is 0 Å². The number of carbonyl (C=O) groups is 1. The van der Waals surface area contributed by atoms with Crippen molar-refractivity contribution in [3.05, 3.63) is 0 Å². The van der Waals surface area contributed by atoms with Crippen molar-refractivity contribution >= 4 is 6.09 Å². The molecule has 52 valence electrons. The largest absolute Gasteiger partial charge is 0.445 e. The van der Waals surface area contributed by atoms with Gasteiger partial charge in [-0.2, -0.15) is 0 Å². The second kappa shape index (κ2) is 2.68.